The molecule has 0 aromatic carbocycles. The van der Waals surface area contributed by atoms with Crippen LogP contribution in [0.15, 0.2) is 27.5 Å². The molecule has 2 aromatic rings. The van der Waals surface area contributed by atoms with E-state index in [1.165, 1.54) is 0 Å². The first kappa shape index (κ1) is 18.4. The molecule has 2 atom stereocenters. The second-order valence-electron chi connectivity index (χ2n) is 7.21. The summed E-state index contributed by atoms with van der Waals surface area (Å²) in [6, 6.07) is 5.17. The molecule has 0 radical (unpaired) electrons. The number of aromatic nitrogens is 2. The van der Waals surface area contributed by atoms with Gasteiger partial charge in [0.2, 0.25) is 0 Å². The van der Waals surface area contributed by atoms with Gasteiger partial charge >= 0.3 is 0 Å². The number of pyridine rings is 1. The number of hydrogen-bond acceptors (Lipinski definition) is 5. The first-order chi connectivity index (χ1) is 12.4. The van der Waals surface area contributed by atoms with E-state index in [-0.39, 0.29) is 34.9 Å². The maximum Gasteiger partial charge on any atom is 0.263 e. The molecule has 140 valence electrons. The molecule has 1 aliphatic heterocycles. The predicted molar refractivity (Wildman–Crippen MR) is 96.3 cm³/mol. The molecule has 1 saturated heterocycles. The highest BCUT2D eigenvalue weighted by molar-refractivity contribution is 5.94. The highest BCUT2D eigenvalue weighted by Gasteiger charge is 2.31. The van der Waals surface area contributed by atoms with Gasteiger partial charge in [-0.25, -0.2) is 0 Å². The number of hydrogen-bond donors (Lipinski definition) is 1. The summed E-state index contributed by atoms with van der Waals surface area (Å²) in [6.45, 7) is 6.86. The fraction of sp³-hybridized carbons (Fsp3) is 0.526. The van der Waals surface area contributed by atoms with Gasteiger partial charge in [0.05, 0.1) is 24.9 Å². The van der Waals surface area contributed by atoms with Crippen LogP contribution in [0.25, 0.3) is 0 Å². The molecule has 26 heavy (non-hydrogen) atoms. The molecule has 1 fully saturated rings. The van der Waals surface area contributed by atoms with Gasteiger partial charge in [-0.2, -0.15) is 0 Å². The number of nitrogens with zero attached hydrogens (tertiary/aromatic N) is 2. The van der Waals surface area contributed by atoms with E-state index in [4.69, 9.17) is 9.26 Å². The zero-order valence-corrected chi connectivity index (χ0v) is 15.6. The van der Waals surface area contributed by atoms with Crippen molar-refractivity contribution in [1.29, 1.82) is 0 Å². The molecule has 1 N–H and O–H groups in total. The highest BCUT2D eigenvalue weighted by Crippen LogP contribution is 2.20. The van der Waals surface area contributed by atoms with Crippen molar-refractivity contribution in [2.45, 2.75) is 39.2 Å². The first-order valence-corrected chi connectivity index (χ1v) is 8.87. The number of amides is 1. The van der Waals surface area contributed by atoms with Crippen LogP contribution in [-0.2, 0) is 18.2 Å². The molecule has 3 heterocycles. The Hall–Kier alpha value is -2.41. The molecule has 0 spiro atoms. The van der Waals surface area contributed by atoms with Crippen LogP contribution >= 0.6 is 0 Å². The molecule has 0 saturated carbocycles. The van der Waals surface area contributed by atoms with Gasteiger partial charge in [0.15, 0.2) is 0 Å². The molecule has 2 aromatic heterocycles. The Morgan fingerprint density at radius 1 is 1.38 bits per heavy atom. The molecular weight excluding hydrogens is 334 g/mol. The van der Waals surface area contributed by atoms with Crippen LogP contribution in [-0.4, -0.2) is 34.9 Å². The number of carbonyl (C=O) groups excluding carboxylic acids is 1. The Bertz CT molecular complexity index is 853. The van der Waals surface area contributed by atoms with Gasteiger partial charge in [-0.05, 0) is 25.0 Å². The van der Waals surface area contributed by atoms with E-state index in [9.17, 15) is 9.59 Å². The average Bonchev–Trinajstić information content (AvgIpc) is 3.19. The fourth-order valence-electron chi connectivity index (χ4n) is 3.38. The SMILES string of the molecule is Cc1cc(C[C@@H]2COC[C@@H]2NC(=O)c2ccc(C(C)C)n(C)c2=O)on1. The molecule has 3 rings (SSSR count). The molecule has 7 heteroatoms. The van der Waals surface area contributed by atoms with Gasteiger partial charge in [0.25, 0.3) is 11.5 Å². The zero-order chi connectivity index (χ0) is 18.8. The third-order valence-corrected chi connectivity index (χ3v) is 4.83. The number of aryl methyl sites for hydroxylation is 1. The van der Waals surface area contributed by atoms with E-state index >= 15 is 0 Å². The van der Waals surface area contributed by atoms with Gasteiger partial charge in [-0.15, -0.1) is 0 Å². The summed E-state index contributed by atoms with van der Waals surface area (Å²) in [5.74, 6) is 0.706. The lowest BCUT2D eigenvalue weighted by Gasteiger charge is -2.19. The smallest absolute Gasteiger partial charge is 0.263 e. The number of rotatable bonds is 5. The summed E-state index contributed by atoms with van der Waals surface area (Å²) in [4.78, 5) is 25.2. The molecule has 0 bridgehead atoms. The van der Waals surface area contributed by atoms with Crippen LogP contribution in [0, 0.1) is 12.8 Å². The molecule has 7 nitrogen and oxygen atoms in total. The van der Waals surface area contributed by atoms with Gasteiger partial charge in [0, 0.05) is 31.1 Å². The number of carbonyl (C=O) groups is 1. The summed E-state index contributed by atoms with van der Waals surface area (Å²) >= 11 is 0. The molecule has 0 unspecified atom stereocenters. The van der Waals surface area contributed by atoms with Crippen molar-refractivity contribution >= 4 is 5.91 Å². The third kappa shape index (κ3) is 3.72. The van der Waals surface area contributed by atoms with Gasteiger partial charge in [-0.1, -0.05) is 19.0 Å². The maximum absolute atomic E-state index is 12.6. The van der Waals surface area contributed by atoms with Crippen molar-refractivity contribution in [3.05, 3.63) is 51.3 Å². The molecule has 1 amide bonds. The van der Waals surface area contributed by atoms with Gasteiger partial charge in [-0.3, -0.25) is 9.59 Å². The van der Waals surface area contributed by atoms with E-state index < -0.39 is 0 Å². The second kappa shape index (κ2) is 7.45. The minimum Gasteiger partial charge on any atom is -0.379 e. The predicted octanol–water partition coefficient (Wildman–Crippen LogP) is 1.79. The van der Waals surface area contributed by atoms with E-state index in [0.29, 0.717) is 19.6 Å². The van der Waals surface area contributed by atoms with E-state index in [0.717, 1.165) is 17.1 Å². The van der Waals surface area contributed by atoms with Crippen LogP contribution in [0.5, 0.6) is 0 Å². The highest BCUT2D eigenvalue weighted by atomic mass is 16.5. The first-order valence-electron chi connectivity index (χ1n) is 8.87. The largest absolute Gasteiger partial charge is 0.379 e. The third-order valence-electron chi connectivity index (χ3n) is 4.83. The lowest BCUT2D eigenvalue weighted by molar-refractivity contribution is 0.0922. The van der Waals surface area contributed by atoms with Crippen molar-refractivity contribution in [3.63, 3.8) is 0 Å². The summed E-state index contributed by atoms with van der Waals surface area (Å²) in [6.07, 6.45) is 0.635. The summed E-state index contributed by atoms with van der Waals surface area (Å²) in [7, 11) is 1.70. The quantitative estimate of drug-likeness (QED) is 0.880. The van der Waals surface area contributed by atoms with Crippen molar-refractivity contribution in [2.75, 3.05) is 13.2 Å². The molecule has 0 aliphatic carbocycles. The van der Waals surface area contributed by atoms with Crippen molar-refractivity contribution in [2.24, 2.45) is 13.0 Å². The fourth-order valence-corrected chi connectivity index (χ4v) is 3.38. The van der Waals surface area contributed by atoms with Gasteiger partial charge < -0.3 is 19.1 Å². The van der Waals surface area contributed by atoms with Crippen LogP contribution in [0.3, 0.4) is 0 Å². The van der Waals surface area contributed by atoms with Crippen molar-refractivity contribution < 1.29 is 14.1 Å². The lowest BCUT2D eigenvalue weighted by Crippen LogP contribution is -2.43. The summed E-state index contributed by atoms with van der Waals surface area (Å²) < 4.78 is 12.3. The monoisotopic (exact) mass is 359 g/mol. The van der Waals surface area contributed by atoms with Crippen molar-refractivity contribution in [1.82, 2.24) is 15.0 Å². The lowest BCUT2D eigenvalue weighted by atomic mass is 9.98. The summed E-state index contributed by atoms with van der Waals surface area (Å²) in [5, 5.41) is 6.84. The maximum atomic E-state index is 12.6. The Kier molecular flexibility index (Phi) is 5.27. The number of ether oxygens (including phenoxy) is 1. The zero-order valence-electron chi connectivity index (χ0n) is 15.6. The molecule has 1 aliphatic rings. The van der Waals surface area contributed by atoms with E-state index in [2.05, 4.69) is 10.5 Å². The minimum atomic E-state index is -0.366. The normalized spacial score (nSPS) is 19.9. The topological polar surface area (TPSA) is 86.4 Å². The Labute approximate surface area is 152 Å². The second-order valence-corrected chi connectivity index (χ2v) is 7.21. The van der Waals surface area contributed by atoms with Crippen molar-refractivity contribution in [3.8, 4) is 0 Å². The van der Waals surface area contributed by atoms with Crippen LogP contribution in [0.2, 0.25) is 0 Å². The van der Waals surface area contributed by atoms with E-state index in [1.54, 1.807) is 17.7 Å². The average molecular weight is 359 g/mol. The Morgan fingerprint density at radius 3 is 2.81 bits per heavy atom. The Morgan fingerprint density at radius 2 is 2.15 bits per heavy atom. The van der Waals surface area contributed by atoms with Gasteiger partial charge in [0.1, 0.15) is 11.3 Å². The van der Waals surface area contributed by atoms with E-state index in [1.807, 2.05) is 32.9 Å². The standard InChI is InChI=1S/C19H25N3O4/c1-11(2)17-6-5-15(19(24)22(17)4)18(23)20-16-10-25-9-13(16)8-14-7-12(3)21-26-14/h5-7,11,13,16H,8-10H2,1-4H3,(H,20,23)/t13-,16+/m1/s1. The van der Waals surface area contributed by atoms with Crippen LogP contribution < -0.4 is 10.9 Å². The Balaban J connectivity index is 1.73. The van der Waals surface area contributed by atoms with Crippen LogP contribution in [0.4, 0.5) is 0 Å². The number of nitrogens with one attached hydrogen (secondary N) is 1. The summed E-state index contributed by atoms with van der Waals surface area (Å²) in [5.41, 5.74) is 1.59. The minimum absolute atomic E-state index is 0.0880. The molecular formula is C19H25N3O4. The van der Waals surface area contributed by atoms with Crippen LogP contribution in [0.1, 0.15) is 47.3 Å².